The molecule has 1 amide bonds. The number of hydrogen-bond acceptors (Lipinski definition) is 14. The van der Waals surface area contributed by atoms with Crippen molar-refractivity contribution >= 4 is 26.2 Å². The monoisotopic (exact) mass is 1020 g/mol. The summed E-state index contributed by atoms with van der Waals surface area (Å²) in [6, 6.07) is 34.2. The summed E-state index contributed by atoms with van der Waals surface area (Å²) in [7, 11) is 1.05. The molecule has 382 valence electrons. The van der Waals surface area contributed by atoms with Gasteiger partial charge in [-0.2, -0.15) is 23.4 Å². The van der Waals surface area contributed by atoms with Gasteiger partial charge in [0, 0.05) is 35.6 Å². The first-order chi connectivity index (χ1) is 35.0. The molecular formula is C53H56F3N8O8P. The zero-order valence-electron chi connectivity index (χ0n) is 41.3. The van der Waals surface area contributed by atoms with E-state index < -0.39 is 61.6 Å². The van der Waals surface area contributed by atoms with E-state index in [4.69, 9.17) is 28.0 Å². The van der Waals surface area contributed by atoms with Gasteiger partial charge in [0.1, 0.15) is 46.4 Å². The normalized spacial score (nSPS) is 19.1. The van der Waals surface area contributed by atoms with E-state index in [0.29, 0.717) is 39.3 Å². The Labute approximate surface area is 422 Å². The quantitative estimate of drug-likeness (QED) is 0.0435. The molecule has 0 saturated carbocycles. The zero-order valence-corrected chi connectivity index (χ0v) is 42.2. The van der Waals surface area contributed by atoms with Gasteiger partial charge in [-0.15, -0.1) is 0 Å². The number of nitrogens with zero attached hydrogens (tertiary/aromatic N) is 7. The summed E-state index contributed by atoms with van der Waals surface area (Å²) in [5, 5.41) is 12.4. The molecular weight excluding hydrogens is 965 g/mol. The summed E-state index contributed by atoms with van der Waals surface area (Å²) in [5.41, 5.74) is -2.37. The average molecular weight is 1020 g/mol. The predicted octanol–water partition coefficient (Wildman–Crippen LogP) is 9.46. The second-order valence-corrected chi connectivity index (χ2v) is 19.5. The third-order valence-corrected chi connectivity index (χ3v) is 14.8. The number of aryl methyl sites for hydroxylation is 1. The highest BCUT2D eigenvalue weighted by Crippen LogP contribution is 2.57. The lowest BCUT2D eigenvalue weighted by atomic mass is 9.79. The predicted molar refractivity (Wildman–Crippen MR) is 267 cm³/mol. The van der Waals surface area contributed by atoms with Crippen molar-refractivity contribution in [2.75, 3.05) is 44.2 Å². The second kappa shape index (κ2) is 22.1. The van der Waals surface area contributed by atoms with Crippen molar-refractivity contribution < 1.29 is 46.0 Å². The molecule has 1 unspecified atom stereocenters. The lowest BCUT2D eigenvalue weighted by Gasteiger charge is -2.42. The smallest absolute Gasteiger partial charge is 0.433 e. The fraction of sp³-hybridized carbons (Fsp3) is 0.358. The molecule has 4 aromatic carbocycles. The molecule has 0 spiro atoms. The molecule has 2 fully saturated rings. The Morgan fingerprint density at radius 2 is 1.48 bits per heavy atom. The lowest BCUT2D eigenvalue weighted by Crippen LogP contribution is -2.52. The number of benzene rings is 4. The van der Waals surface area contributed by atoms with Crippen LogP contribution >= 0.6 is 8.53 Å². The van der Waals surface area contributed by atoms with Crippen LogP contribution < -0.4 is 25.4 Å². The number of anilines is 2. The summed E-state index contributed by atoms with van der Waals surface area (Å²) < 4.78 is 86.6. The van der Waals surface area contributed by atoms with Crippen LogP contribution in [0.3, 0.4) is 0 Å². The van der Waals surface area contributed by atoms with Crippen LogP contribution in [0.2, 0.25) is 0 Å². The van der Waals surface area contributed by atoms with Crippen LogP contribution in [-0.2, 0) is 30.3 Å². The molecule has 2 aliphatic rings. The number of carbonyl (C=O) groups is 1. The Balaban J connectivity index is 1.34. The molecule has 2 bridgehead atoms. The maximum atomic E-state index is 14.5. The fourth-order valence-electron chi connectivity index (χ4n) is 9.41. The van der Waals surface area contributed by atoms with Gasteiger partial charge in [-0.05, 0) is 93.8 Å². The van der Waals surface area contributed by atoms with E-state index in [0.717, 1.165) is 12.3 Å². The summed E-state index contributed by atoms with van der Waals surface area (Å²) in [6.45, 7) is 9.01. The van der Waals surface area contributed by atoms with Gasteiger partial charge < -0.3 is 38.2 Å². The molecule has 16 nitrogen and oxygen atoms in total. The van der Waals surface area contributed by atoms with E-state index in [9.17, 15) is 28.0 Å². The number of fused-ring (bicyclic) bond motifs is 2. The standard InChI is InChI=1S/C53H56F3N8O8P/c1-34(2)64(35(3)4)73(70-30-14-28-57)72-45-44-48(62-31-36(5)46(61-50(62)66)60-47(65)37-15-10-8-11-16-37)71-51(45,32-63(44)49-58-29-27-43(59-49)53(54,55)56)33-69-52(38-17-12-9-13-18-38,39-19-23-41(67-6)24-20-39)40-21-25-42(68-7)26-22-40/h8-13,15-27,29,31,34-35,44-45,48H,14,30,32-33H2,1-7H3,(H,60,61,65,66)/t44-,45+,48-,51-,73?/m1/s1. The van der Waals surface area contributed by atoms with E-state index in [-0.39, 0.29) is 50.0 Å². The molecule has 2 saturated heterocycles. The van der Waals surface area contributed by atoms with Crippen molar-refractivity contribution in [3.05, 3.63) is 172 Å². The third-order valence-electron chi connectivity index (χ3n) is 12.7. The summed E-state index contributed by atoms with van der Waals surface area (Å²) in [4.78, 5) is 42.2. The number of rotatable bonds is 20. The van der Waals surface area contributed by atoms with E-state index in [2.05, 4.69) is 26.3 Å². The number of halogens is 3. The number of aromatic nitrogens is 4. The molecule has 6 aromatic rings. The first-order valence-electron chi connectivity index (χ1n) is 23.6. The number of hydrogen-bond donors (Lipinski definition) is 1. The number of morpholine rings is 1. The Morgan fingerprint density at radius 3 is 2.04 bits per heavy atom. The summed E-state index contributed by atoms with van der Waals surface area (Å²) in [6.07, 6.45) is -4.83. The van der Waals surface area contributed by atoms with Crippen molar-refractivity contribution in [1.82, 2.24) is 24.2 Å². The Bertz CT molecular complexity index is 2890. The highest BCUT2D eigenvalue weighted by atomic mass is 31.2. The summed E-state index contributed by atoms with van der Waals surface area (Å²) >= 11 is 0. The molecule has 0 aliphatic carbocycles. The van der Waals surface area contributed by atoms with E-state index in [1.54, 1.807) is 56.4 Å². The highest BCUT2D eigenvalue weighted by molar-refractivity contribution is 7.44. The number of amides is 1. The molecule has 2 aromatic heterocycles. The largest absolute Gasteiger partial charge is 0.497 e. The highest BCUT2D eigenvalue weighted by Gasteiger charge is 2.68. The third kappa shape index (κ3) is 10.8. The van der Waals surface area contributed by atoms with Crippen molar-refractivity contribution in [3.63, 3.8) is 0 Å². The van der Waals surface area contributed by atoms with Crippen molar-refractivity contribution in [1.29, 1.82) is 5.26 Å². The Kier molecular flexibility index (Phi) is 15.9. The maximum absolute atomic E-state index is 14.5. The Morgan fingerprint density at radius 1 is 0.890 bits per heavy atom. The second-order valence-electron chi connectivity index (χ2n) is 18.1. The number of ether oxygens (including phenoxy) is 4. The average Bonchev–Trinajstić information content (AvgIpc) is 3.86. The fourth-order valence-corrected chi connectivity index (χ4v) is 11.2. The van der Waals surface area contributed by atoms with Crippen LogP contribution in [0.25, 0.3) is 0 Å². The van der Waals surface area contributed by atoms with Crippen molar-refractivity contribution in [3.8, 4) is 17.6 Å². The molecule has 8 rings (SSSR count). The van der Waals surface area contributed by atoms with E-state index >= 15 is 0 Å². The van der Waals surface area contributed by atoms with E-state index in [1.807, 2.05) is 111 Å². The van der Waals surface area contributed by atoms with Gasteiger partial charge in [0.2, 0.25) is 5.95 Å². The minimum Gasteiger partial charge on any atom is -0.497 e. The van der Waals surface area contributed by atoms with Crippen molar-refractivity contribution in [2.45, 2.75) is 88.9 Å². The van der Waals surface area contributed by atoms with Crippen LogP contribution in [0.1, 0.15) is 78.6 Å². The molecule has 4 heterocycles. The zero-order chi connectivity index (χ0) is 52.1. The molecule has 1 N–H and O–H groups in total. The lowest BCUT2D eigenvalue weighted by molar-refractivity contribution is -0.157. The topological polar surface area (TPSA) is 175 Å². The minimum absolute atomic E-state index is 0.00539. The maximum Gasteiger partial charge on any atom is 0.433 e. The summed E-state index contributed by atoms with van der Waals surface area (Å²) in [5.74, 6) is 0.366. The van der Waals surface area contributed by atoms with Crippen LogP contribution in [0.15, 0.2) is 132 Å². The minimum atomic E-state index is -4.84. The Hall–Kier alpha value is -6.78. The number of nitriles is 1. The van der Waals surface area contributed by atoms with Gasteiger partial charge in [-0.1, -0.05) is 72.8 Å². The van der Waals surface area contributed by atoms with Gasteiger partial charge in [-0.25, -0.2) is 19.4 Å². The van der Waals surface area contributed by atoms with E-state index in [1.165, 1.54) is 10.8 Å². The molecule has 0 radical (unpaired) electrons. The van der Waals surface area contributed by atoms with Gasteiger partial charge in [-0.3, -0.25) is 9.36 Å². The first kappa shape index (κ1) is 52.5. The van der Waals surface area contributed by atoms with Crippen LogP contribution in [0.4, 0.5) is 24.9 Å². The number of methoxy groups -OCH3 is 2. The molecule has 2 aliphatic heterocycles. The van der Waals surface area contributed by atoms with Gasteiger partial charge in [0.25, 0.3) is 14.4 Å². The van der Waals surface area contributed by atoms with Gasteiger partial charge >= 0.3 is 11.9 Å². The molecule has 5 atom stereocenters. The van der Waals surface area contributed by atoms with Crippen molar-refractivity contribution in [2.24, 2.45) is 0 Å². The van der Waals surface area contributed by atoms with Crippen LogP contribution in [0, 0.1) is 18.3 Å². The van der Waals surface area contributed by atoms with Gasteiger partial charge in [0.05, 0.1) is 46.5 Å². The first-order valence-corrected chi connectivity index (χ1v) is 24.7. The van der Waals surface area contributed by atoms with Crippen LogP contribution in [0.5, 0.6) is 11.5 Å². The van der Waals surface area contributed by atoms with Crippen LogP contribution in [-0.4, -0.2) is 93.9 Å². The number of carbonyl (C=O) groups excluding carboxylic acids is 1. The SMILES string of the molecule is COc1ccc(C(OC[C@@]23CN(c4nccc(C(F)(F)F)n4)[C@@H]([C@H](n4cc(C)c(NC(=O)c5ccccc5)nc4=O)O2)[C@@H]3OP(OCCC#N)N(C(C)C)C(C)C)(c2ccccc2)c2ccc(OC)cc2)cc1. The number of alkyl halides is 3. The van der Waals surface area contributed by atoms with Gasteiger partial charge in [0.15, 0.2) is 6.23 Å². The number of nitrogens with one attached hydrogen (secondary N) is 1. The molecule has 20 heteroatoms. The molecule has 73 heavy (non-hydrogen) atoms.